The van der Waals surface area contributed by atoms with Gasteiger partial charge in [0.25, 0.3) is 5.91 Å². The summed E-state index contributed by atoms with van der Waals surface area (Å²) in [5, 5.41) is 14.3. The Morgan fingerprint density at radius 1 is 0.912 bits per heavy atom. The standard InChI is InChI=1S/C27H26N2O5/c1-17(26(31)32)14-15-28-25(30)18-10-12-19(13-11-18)29-27(33)34-16-24-22-8-4-2-6-20(22)21-7-3-5-9-23(21)24/h2-13,17,24H,14-16H2,1H3,(H,28,30)(H,29,33)(H,31,32). The molecule has 0 spiro atoms. The highest BCUT2D eigenvalue weighted by Gasteiger charge is 2.29. The summed E-state index contributed by atoms with van der Waals surface area (Å²) >= 11 is 0. The number of hydrogen-bond acceptors (Lipinski definition) is 4. The van der Waals surface area contributed by atoms with Crippen molar-refractivity contribution in [2.45, 2.75) is 19.3 Å². The molecule has 7 heteroatoms. The molecule has 0 saturated heterocycles. The molecule has 0 aliphatic heterocycles. The van der Waals surface area contributed by atoms with E-state index in [0.717, 1.165) is 11.1 Å². The Morgan fingerprint density at radius 2 is 1.50 bits per heavy atom. The molecule has 1 aliphatic carbocycles. The Bertz CT molecular complexity index is 1160. The number of carboxylic acids is 1. The minimum Gasteiger partial charge on any atom is -0.481 e. The van der Waals surface area contributed by atoms with E-state index < -0.39 is 18.0 Å². The lowest BCUT2D eigenvalue weighted by Crippen LogP contribution is -2.27. The number of aliphatic carboxylic acids is 1. The van der Waals surface area contributed by atoms with Gasteiger partial charge in [0.2, 0.25) is 0 Å². The summed E-state index contributed by atoms with van der Waals surface area (Å²) in [6.07, 6.45) is -0.218. The Morgan fingerprint density at radius 3 is 2.09 bits per heavy atom. The predicted molar refractivity (Wildman–Crippen MR) is 129 cm³/mol. The first-order valence-corrected chi connectivity index (χ1v) is 11.2. The van der Waals surface area contributed by atoms with Crippen LogP contribution < -0.4 is 10.6 Å². The molecule has 0 heterocycles. The van der Waals surface area contributed by atoms with E-state index in [4.69, 9.17) is 9.84 Å². The van der Waals surface area contributed by atoms with Crippen LogP contribution in [0.2, 0.25) is 0 Å². The van der Waals surface area contributed by atoms with Crippen LogP contribution in [-0.2, 0) is 9.53 Å². The number of fused-ring (bicyclic) bond motifs is 3. The number of carboxylic acid groups (broad SMARTS) is 1. The second-order valence-electron chi connectivity index (χ2n) is 8.31. The summed E-state index contributed by atoms with van der Waals surface area (Å²) in [6, 6.07) is 22.7. The maximum atomic E-state index is 12.4. The molecular weight excluding hydrogens is 432 g/mol. The third kappa shape index (κ3) is 5.09. The van der Waals surface area contributed by atoms with Gasteiger partial charge in [-0.05, 0) is 52.9 Å². The Kier molecular flexibility index (Phi) is 6.92. The highest BCUT2D eigenvalue weighted by atomic mass is 16.5. The molecular formula is C27H26N2O5. The predicted octanol–water partition coefficient (Wildman–Crippen LogP) is 4.89. The van der Waals surface area contributed by atoms with Crippen LogP contribution in [-0.4, -0.2) is 36.2 Å². The lowest BCUT2D eigenvalue weighted by Gasteiger charge is -2.14. The maximum absolute atomic E-state index is 12.4. The topological polar surface area (TPSA) is 105 Å². The number of anilines is 1. The molecule has 7 nitrogen and oxygen atoms in total. The minimum atomic E-state index is -0.891. The van der Waals surface area contributed by atoms with Crippen LogP contribution in [0, 0.1) is 5.92 Å². The molecule has 3 N–H and O–H groups in total. The Hall–Kier alpha value is -4.13. The monoisotopic (exact) mass is 458 g/mol. The van der Waals surface area contributed by atoms with Gasteiger partial charge < -0.3 is 15.2 Å². The van der Waals surface area contributed by atoms with Gasteiger partial charge in [0.1, 0.15) is 6.61 Å². The van der Waals surface area contributed by atoms with Crippen molar-refractivity contribution in [2.24, 2.45) is 5.92 Å². The number of amides is 2. The number of hydrogen-bond donors (Lipinski definition) is 3. The van der Waals surface area contributed by atoms with Crippen LogP contribution in [0.25, 0.3) is 11.1 Å². The zero-order chi connectivity index (χ0) is 24.1. The maximum Gasteiger partial charge on any atom is 0.411 e. The van der Waals surface area contributed by atoms with Crippen LogP contribution in [0.1, 0.15) is 40.7 Å². The van der Waals surface area contributed by atoms with E-state index in [0.29, 0.717) is 17.7 Å². The molecule has 1 atom stereocenters. The molecule has 0 bridgehead atoms. The van der Waals surface area contributed by atoms with Gasteiger partial charge in [0.05, 0.1) is 5.92 Å². The number of rotatable bonds is 8. The van der Waals surface area contributed by atoms with E-state index in [1.54, 1.807) is 31.2 Å². The van der Waals surface area contributed by atoms with Crippen molar-refractivity contribution in [1.29, 1.82) is 0 Å². The normalized spacial score (nSPS) is 12.9. The van der Waals surface area contributed by atoms with E-state index in [1.165, 1.54) is 11.1 Å². The molecule has 174 valence electrons. The molecule has 0 fully saturated rings. The van der Waals surface area contributed by atoms with Gasteiger partial charge in [0, 0.05) is 23.7 Å². The van der Waals surface area contributed by atoms with Gasteiger partial charge in [-0.15, -0.1) is 0 Å². The van der Waals surface area contributed by atoms with Gasteiger partial charge in [-0.1, -0.05) is 55.5 Å². The van der Waals surface area contributed by atoms with E-state index in [1.807, 2.05) is 24.3 Å². The fraction of sp³-hybridized carbons (Fsp3) is 0.222. The first-order valence-electron chi connectivity index (χ1n) is 11.2. The van der Waals surface area contributed by atoms with Crippen molar-refractivity contribution in [3.05, 3.63) is 89.5 Å². The average Bonchev–Trinajstić information content (AvgIpc) is 3.16. The zero-order valence-corrected chi connectivity index (χ0v) is 18.8. The van der Waals surface area contributed by atoms with E-state index >= 15 is 0 Å². The van der Waals surface area contributed by atoms with Crippen molar-refractivity contribution < 1.29 is 24.2 Å². The van der Waals surface area contributed by atoms with Crippen molar-refractivity contribution >= 4 is 23.7 Å². The molecule has 4 rings (SSSR count). The van der Waals surface area contributed by atoms with E-state index in [2.05, 4.69) is 34.9 Å². The number of benzene rings is 3. The van der Waals surface area contributed by atoms with Gasteiger partial charge in [-0.3, -0.25) is 14.9 Å². The van der Waals surface area contributed by atoms with Crippen LogP contribution in [0.15, 0.2) is 72.8 Å². The van der Waals surface area contributed by atoms with E-state index in [-0.39, 0.29) is 25.0 Å². The van der Waals surface area contributed by atoms with E-state index in [9.17, 15) is 14.4 Å². The van der Waals surface area contributed by atoms with Gasteiger partial charge >= 0.3 is 12.1 Å². The third-order valence-electron chi connectivity index (χ3n) is 6.02. The van der Waals surface area contributed by atoms with Gasteiger partial charge in [-0.2, -0.15) is 0 Å². The molecule has 3 aromatic rings. The molecule has 1 aliphatic rings. The SMILES string of the molecule is CC(CCNC(=O)c1ccc(NC(=O)OCC2c3ccccc3-c3ccccc32)cc1)C(=O)O. The van der Waals surface area contributed by atoms with Crippen molar-refractivity contribution in [1.82, 2.24) is 5.32 Å². The molecule has 34 heavy (non-hydrogen) atoms. The Labute approximate surface area is 197 Å². The molecule has 3 aromatic carbocycles. The Balaban J connectivity index is 1.30. The molecule has 1 unspecified atom stereocenters. The lowest BCUT2D eigenvalue weighted by atomic mass is 9.98. The number of carbonyl (C=O) groups is 3. The third-order valence-corrected chi connectivity index (χ3v) is 6.02. The second-order valence-corrected chi connectivity index (χ2v) is 8.31. The zero-order valence-electron chi connectivity index (χ0n) is 18.8. The van der Waals surface area contributed by atoms with Crippen LogP contribution in [0.5, 0.6) is 0 Å². The van der Waals surface area contributed by atoms with Crippen LogP contribution >= 0.6 is 0 Å². The summed E-state index contributed by atoms with van der Waals surface area (Å²) in [5.74, 6) is -1.74. The fourth-order valence-electron chi connectivity index (χ4n) is 4.09. The second kappa shape index (κ2) is 10.2. The van der Waals surface area contributed by atoms with Crippen molar-refractivity contribution in [3.63, 3.8) is 0 Å². The summed E-state index contributed by atoms with van der Waals surface area (Å²) in [5.41, 5.74) is 5.54. The quantitative estimate of drug-likeness (QED) is 0.446. The van der Waals surface area contributed by atoms with Crippen molar-refractivity contribution in [2.75, 3.05) is 18.5 Å². The summed E-state index contributed by atoms with van der Waals surface area (Å²) < 4.78 is 5.54. The molecule has 0 radical (unpaired) electrons. The highest BCUT2D eigenvalue weighted by Crippen LogP contribution is 2.44. The molecule has 2 amide bonds. The van der Waals surface area contributed by atoms with Gasteiger partial charge in [0.15, 0.2) is 0 Å². The lowest BCUT2D eigenvalue weighted by molar-refractivity contribution is -0.141. The van der Waals surface area contributed by atoms with Crippen molar-refractivity contribution in [3.8, 4) is 11.1 Å². The minimum absolute atomic E-state index is 0.0203. The van der Waals surface area contributed by atoms with Gasteiger partial charge in [-0.25, -0.2) is 4.79 Å². The average molecular weight is 459 g/mol. The summed E-state index contributed by atoms with van der Waals surface area (Å²) in [4.78, 5) is 35.5. The molecule has 0 saturated carbocycles. The summed E-state index contributed by atoms with van der Waals surface area (Å²) in [6.45, 7) is 2.08. The number of ether oxygens (including phenoxy) is 1. The number of nitrogens with one attached hydrogen (secondary N) is 2. The number of carbonyl (C=O) groups excluding carboxylic acids is 2. The first-order chi connectivity index (χ1) is 16.4. The largest absolute Gasteiger partial charge is 0.481 e. The highest BCUT2D eigenvalue weighted by molar-refractivity contribution is 5.95. The molecule has 0 aromatic heterocycles. The summed E-state index contributed by atoms with van der Waals surface area (Å²) in [7, 11) is 0. The smallest absolute Gasteiger partial charge is 0.411 e. The first kappa shape index (κ1) is 23.0. The van der Waals surface area contributed by atoms with Crippen LogP contribution in [0.4, 0.5) is 10.5 Å². The fourth-order valence-corrected chi connectivity index (χ4v) is 4.09. The van der Waals surface area contributed by atoms with Crippen LogP contribution in [0.3, 0.4) is 0 Å².